The molecule has 1 unspecified atom stereocenters. The van der Waals surface area contributed by atoms with Crippen LogP contribution in [0.3, 0.4) is 0 Å². The average Bonchev–Trinajstić information content (AvgIpc) is 2.96. The molecule has 0 amide bonds. The van der Waals surface area contributed by atoms with Gasteiger partial charge in [0.2, 0.25) is 5.88 Å². The lowest BCUT2D eigenvalue weighted by atomic mass is 9.87. The van der Waals surface area contributed by atoms with Crippen molar-refractivity contribution in [3.63, 3.8) is 0 Å². The Balaban J connectivity index is 1.85. The highest BCUT2D eigenvalue weighted by Gasteiger charge is 2.34. The summed E-state index contributed by atoms with van der Waals surface area (Å²) < 4.78 is 81.0. The topological polar surface area (TPSA) is 167 Å². The number of halogens is 6. The molecule has 5 rings (SSSR count). The number of benzene rings is 2. The molecule has 0 saturated carbocycles. The van der Waals surface area contributed by atoms with Crippen LogP contribution in [0.5, 0.6) is 11.8 Å². The predicted octanol–water partition coefficient (Wildman–Crippen LogP) is 2.18. The molecular formula is C28H17F6N5O6. The molecule has 5 aromatic rings. The van der Waals surface area contributed by atoms with Crippen molar-refractivity contribution in [1.29, 1.82) is 0 Å². The lowest BCUT2D eigenvalue weighted by molar-refractivity contribution is -0.378. The number of rotatable bonds is 5. The number of nitrogens with zero attached hydrogens (tertiary/aromatic N) is 2. The van der Waals surface area contributed by atoms with E-state index in [9.17, 15) is 55.7 Å². The smallest absolute Gasteiger partial charge is 0.416 e. The average molecular weight is 633 g/mol. The highest BCUT2D eigenvalue weighted by atomic mass is 19.4. The van der Waals surface area contributed by atoms with Crippen molar-refractivity contribution < 1.29 is 41.5 Å². The number of nitrogens with one attached hydrogen (secondary N) is 3. The fourth-order valence-electron chi connectivity index (χ4n) is 4.77. The van der Waals surface area contributed by atoms with Gasteiger partial charge in [0.25, 0.3) is 11.1 Å². The lowest BCUT2D eigenvalue weighted by Crippen LogP contribution is -2.38. The Bertz CT molecular complexity index is 2030. The molecule has 0 spiro atoms. The van der Waals surface area contributed by atoms with Gasteiger partial charge in [0.15, 0.2) is 12.4 Å². The first-order valence-corrected chi connectivity index (χ1v) is 12.5. The first kappa shape index (κ1) is 30.6. The Morgan fingerprint density at radius 1 is 0.711 bits per heavy atom. The summed E-state index contributed by atoms with van der Waals surface area (Å²) in [5.74, 6) is -4.68. The van der Waals surface area contributed by atoms with Gasteiger partial charge in [-0.25, -0.2) is 19.1 Å². The summed E-state index contributed by atoms with van der Waals surface area (Å²) in [6, 6.07) is 8.60. The molecule has 17 heteroatoms. The Hall–Kier alpha value is -5.87. The molecule has 0 saturated heterocycles. The van der Waals surface area contributed by atoms with Crippen LogP contribution in [0.15, 0.2) is 92.2 Å². The summed E-state index contributed by atoms with van der Waals surface area (Å²) in [7, 11) is 0. The van der Waals surface area contributed by atoms with Crippen molar-refractivity contribution >= 4 is 0 Å². The fourth-order valence-corrected chi connectivity index (χ4v) is 4.77. The van der Waals surface area contributed by atoms with Crippen LogP contribution >= 0.6 is 0 Å². The molecule has 45 heavy (non-hydrogen) atoms. The fraction of sp³-hybridized carbons (Fsp3) is 0.107. The molecule has 3 aromatic heterocycles. The molecule has 232 valence electrons. The number of aromatic hydroxyl groups is 1. The van der Waals surface area contributed by atoms with Crippen LogP contribution in [0.1, 0.15) is 33.7 Å². The maximum absolute atomic E-state index is 13.8. The molecule has 0 radical (unpaired) electrons. The second kappa shape index (κ2) is 11.0. The van der Waals surface area contributed by atoms with Crippen LogP contribution in [0.4, 0.5) is 26.3 Å². The van der Waals surface area contributed by atoms with E-state index in [1.54, 1.807) is 0 Å². The summed E-state index contributed by atoms with van der Waals surface area (Å²) in [6.07, 6.45) is -7.20. The molecule has 4 N–H and O–H groups in total. The third-order valence-corrected chi connectivity index (χ3v) is 6.74. The zero-order valence-electron chi connectivity index (χ0n) is 22.2. The third kappa shape index (κ3) is 5.62. The van der Waals surface area contributed by atoms with E-state index in [0.29, 0.717) is 28.8 Å². The van der Waals surface area contributed by atoms with Gasteiger partial charge in [0.05, 0.1) is 28.3 Å². The van der Waals surface area contributed by atoms with Crippen molar-refractivity contribution in [2.45, 2.75) is 18.3 Å². The summed E-state index contributed by atoms with van der Waals surface area (Å²) in [4.78, 5) is 58.3. The molecule has 0 aliphatic rings. The maximum atomic E-state index is 13.8. The van der Waals surface area contributed by atoms with Gasteiger partial charge in [0, 0.05) is 23.4 Å². The van der Waals surface area contributed by atoms with Crippen molar-refractivity contribution in [2.24, 2.45) is 0 Å². The van der Waals surface area contributed by atoms with Crippen LogP contribution in [0.25, 0.3) is 11.4 Å². The van der Waals surface area contributed by atoms with E-state index in [1.165, 1.54) is 24.5 Å². The number of alkyl halides is 6. The van der Waals surface area contributed by atoms with Crippen molar-refractivity contribution in [3.05, 3.63) is 143 Å². The molecule has 11 nitrogen and oxygen atoms in total. The Kier molecular flexibility index (Phi) is 7.48. The number of aromatic nitrogens is 5. The zero-order chi connectivity index (χ0) is 32.8. The van der Waals surface area contributed by atoms with Gasteiger partial charge in [-0.05, 0) is 47.8 Å². The molecule has 0 aliphatic carbocycles. The molecular weight excluding hydrogens is 616 g/mol. The van der Waals surface area contributed by atoms with Gasteiger partial charge in [-0.1, -0.05) is 12.1 Å². The molecule has 3 heterocycles. The van der Waals surface area contributed by atoms with Crippen LogP contribution in [0.2, 0.25) is 0 Å². The number of pyridine rings is 1. The van der Waals surface area contributed by atoms with Gasteiger partial charge in [-0.15, -0.1) is 0 Å². The Morgan fingerprint density at radius 3 is 1.69 bits per heavy atom. The second-order valence-electron chi connectivity index (χ2n) is 9.51. The minimum absolute atomic E-state index is 0.0827. The van der Waals surface area contributed by atoms with E-state index in [0.717, 1.165) is 24.3 Å². The Morgan fingerprint density at radius 2 is 1.18 bits per heavy atom. The van der Waals surface area contributed by atoms with Crippen molar-refractivity contribution in [3.8, 4) is 23.1 Å². The predicted molar refractivity (Wildman–Crippen MR) is 140 cm³/mol. The largest absolute Gasteiger partial charge is 0.859 e. The van der Waals surface area contributed by atoms with Gasteiger partial charge in [-0.2, -0.15) is 26.3 Å². The summed E-state index contributed by atoms with van der Waals surface area (Å²) in [5, 5.41) is 25.1. The normalized spacial score (nSPS) is 12.7. The highest BCUT2D eigenvalue weighted by Crippen LogP contribution is 2.37. The minimum atomic E-state index is -4.88. The minimum Gasteiger partial charge on any atom is -0.859 e. The van der Waals surface area contributed by atoms with Gasteiger partial charge >= 0.3 is 23.7 Å². The van der Waals surface area contributed by atoms with Crippen LogP contribution in [-0.4, -0.2) is 24.2 Å². The van der Waals surface area contributed by atoms with Gasteiger partial charge in [0.1, 0.15) is 0 Å². The van der Waals surface area contributed by atoms with E-state index < -0.39 is 86.2 Å². The first-order chi connectivity index (χ1) is 21.1. The zero-order valence-corrected chi connectivity index (χ0v) is 22.2. The van der Waals surface area contributed by atoms with Gasteiger partial charge < -0.3 is 10.2 Å². The van der Waals surface area contributed by atoms with E-state index in [-0.39, 0.29) is 10.1 Å². The molecule has 0 bridgehead atoms. The molecule has 1 atom stereocenters. The second-order valence-corrected chi connectivity index (χ2v) is 9.51. The van der Waals surface area contributed by atoms with Gasteiger partial charge in [-0.3, -0.25) is 24.1 Å². The monoisotopic (exact) mass is 633 g/mol. The SMILES string of the molecule is O=c1[nH]c(=O)n(-c2cccc(C(F)(F)F)c2)c([O-])c1C(c1cc[nH+]cc1)c1c(O)n(-c2cccc(C(F)(F)F)c2)c(=O)[nH]c1=O. The van der Waals surface area contributed by atoms with E-state index in [2.05, 4.69) is 4.98 Å². The molecule has 0 aliphatic heterocycles. The standard InChI is InChI=1S/C28H17F6N5O6/c29-27(30,31)14-3-1-5-16(11-14)38-23(42)19(21(40)36-25(38)44)18(13-7-9-35-10-8-13)20-22(41)37-26(45)39(24(20)43)17-6-2-4-15(12-17)28(32,33)34/h1-12,18,42-43H,(H,36,40,44)(H,37,41,45). The van der Waals surface area contributed by atoms with E-state index >= 15 is 0 Å². The maximum Gasteiger partial charge on any atom is 0.416 e. The summed E-state index contributed by atoms with van der Waals surface area (Å²) >= 11 is 0. The quantitative estimate of drug-likeness (QED) is 0.251. The summed E-state index contributed by atoms with van der Waals surface area (Å²) in [6.45, 7) is 0. The van der Waals surface area contributed by atoms with Crippen molar-refractivity contribution in [1.82, 2.24) is 19.1 Å². The highest BCUT2D eigenvalue weighted by molar-refractivity contribution is 5.51. The van der Waals surface area contributed by atoms with Crippen LogP contribution < -0.4 is 32.6 Å². The third-order valence-electron chi connectivity index (χ3n) is 6.74. The van der Waals surface area contributed by atoms with Crippen molar-refractivity contribution in [2.75, 3.05) is 0 Å². The van der Waals surface area contributed by atoms with Crippen LogP contribution in [0, 0.1) is 0 Å². The molecule has 0 fully saturated rings. The van der Waals surface area contributed by atoms with Crippen LogP contribution in [-0.2, 0) is 12.4 Å². The van der Waals surface area contributed by atoms with E-state index in [4.69, 9.17) is 0 Å². The Labute approximate surface area is 245 Å². The first-order valence-electron chi connectivity index (χ1n) is 12.5. The lowest BCUT2D eigenvalue weighted by Gasteiger charge is -2.26. The number of H-pyrrole nitrogens is 3. The number of hydrogen-bond acceptors (Lipinski definition) is 6. The number of hydrogen-bond donors (Lipinski definition) is 3. The molecule has 2 aromatic carbocycles. The van der Waals surface area contributed by atoms with E-state index in [1.807, 2.05) is 9.97 Å². The number of aromatic amines is 3. The summed E-state index contributed by atoms with van der Waals surface area (Å²) in [5.41, 5.74) is -11.1.